The first-order chi connectivity index (χ1) is 40.8. The molecule has 0 aromatic heterocycles. The lowest BCUT2D eigenvalue weighted by Crippen LogP contribution is -2.57. The van der Waals surface area contributed by atoms with Gasteiger partial charge in [-0.25, -0.2) is 0 Å². The van der Waals surface area contributed by atoms with Crippen LogP contribution in [-0.4, -0.2) is 179 Å². The van der Waals surface area contributed by atoms with E-state index in [-0.39, 0.29) is 29.7 Å². The topological polar surface area (TPSA) is 226 Å². The molecule has 6 heterocycles. The number of aliphatic hydroxyl groups excluding tert-OH is 2. The maximum absolute atomic E-state index is 10.9. The van der Waals surface area contributed by atoms with Gasteiger partial charge in [-0.1, -0.05) is 131 Å². The average molecular weight is 1270 g/mol. The van der Waals surface area contributed by atoms with Crippen molar-refractivity contribution in [3.8, 4) is 0 Å². The minimum Gasteiger partial charge on any atom is -0.480 e. The van der Waals surface area contributed by atoms with Gasteiger partial charge in [-0.3, -0.25) is 19.3 Å². The van der Waals surface area contributed by atoms with Gasteiger partial charge in [0.25, 0.3) is 0 Å². The van der Waals surface area contributed by atoms with Crippen molar-refractivity contribution in [3.05, 3.63) is 0 Å². The molecule has 4 unspecified atom stereocenters. The Labute approximate surface area is 546 Å². The molecule has 2 amide bonds. The van der Waals surface area contributed by atoms with Crippen LogP contribution in [0.2, 0.25) is 0 Å². The molecule has 89 heavy (non-hydrogen) atoms. The highest BCUT2D eigenvalue weighted by atomic mass is 16.5. The number of carboxylic acids is 1. The van der Waals surface area contributed by atoms with Crippen molar-refractivity contribution in [2.24, 2.45) is 51.2 Å². The van der Waals surface area contributed by atoms with Gasteiger partial charge < -0.3 is 45.4 Å². The van der Waals surface area contributed by atoms with E-state index in [0.29, 0.717) is 78.6 Å². The van der Waals surface area contributed by atoms with Crippen LogP contribution in [0.3, 0.4) is 0 Å². The number of rotatable bonds is 14. The van der Waals surface area contributed by atoms with Crippen molar-refractivity contribution in [1.82, 2.24) is 30.2 Å². The summed E-state index contributed by atoms with van der Waals surface area (Å²) >= 11 is 0. The van der Waals surface area contributed by atoms with Crippen molar-refractivity contribution in [2.75, 3.05) is 72.2 Å². The van der Waals surface area contributed by atoms with Crippen molar-refractivity contribution < 1.29 is 53.6 Å². The Hall–Kier alpha value is -3.11. The number of hydrogen-bond acceptors (Lipinski definition) is 14. The quantitative estimate of drug-likeness (QED) is 0.109. The third-order valence-electron chi connectivity index (χ3n) is 16.5. The molecular weight excluding hydrogens is 1120 g/mol. The van der Waals surface area contributed by atoms with Gasteiger partial charge in [0, 0.05) is 94.5 Å². The summed E-state index contributed by atoms with van der Waals surface area (Å²) in [5, 5.41) is 32.3. The fourth-order valence-electron chi connectivity index (χ4n) is 11.3. The predicted octanol–water partition coefficient (Wildman–Crippen LogP) is 13.3. The Morgan fingerprint density at radius 2 is 0.888 bits per heavy atom. The van der Waals surface area contributed by atoms with Crippen molar-refractivity contribution in [2.45, 2.75) is 312 Å². The maximum atomic E-state index is 10.9. The molecular formula is C72H144N6O11. The molecule has 7 atom stereocenters. The summed E-state index contributed by atoms with van der Waals surface area (Å²) in [6.07, 6.45) is 16.5. The summed E-state index contributed by atoms with van der Waals surface area (Å²) in [6.45, 7) is 67.6. The van der Waals surface area contributed by atoms with E-state index in [2.05, 4.69) is 185 Å². The van der Waals surface area contributed by atoms with E-state index in [9.17, 15) is 14.4 Å². The number of carbonyl (C=O) groups excluding carboxylic acids is 6. The van der Waals surface area contributed by atoms with E-state index in [1.807, 2.05) is 25.7 Å². The summed E-state index contributed by atoms with van der Waals surface area (Å²) in [5.41, 5.74) is 1.41. The molecule has 0 saturated carbocycles. The monoisotopic (exact) mass is 1270 g/mol. The molecule has 528 valence electrons. The number of carbonyl (C=O) groups is 3. The maximum Gasteiger partial charge on any atom is 0.373 e. The highest BCUT2D eigenvalue weighted by Gasteiger charge is 2.36. The van der Waals surface area contributed by atoms with Gasteiger partial charge in [-0.2, -0.15) is 19.2 Å². The van der Waals surface area contributed by atoms with Gasteiger partial charge >= 0.3 is 18.3 Å². The Bertz CT molecular complexity index is 1760. The Morgan fingerprint density at radius 1 is 0.551 bits per heavy atom. The van der Waals surface area contributed by atoms with Crippen LogP contribution in [0.15, 0.2) is 0 Å². The SMILES string of the molecule is CC(C)(C)CCC1CCC(=O)N1.CC(C)(C)CC[C@@H]1CCC(=O)N1.CC(C)(C)N1CCOCC1C(=O)O.CC(CO)CC(C)(C)C.CC1CN(C(C)C)C1.CCC1CCN(C(C)C)C1.CC[C@H]1CCN(C(C)C)C1.C[C@@H](CO)CC(C)(C)C.O=C=O.O=C=O. The lowest BCUT2D eigenvalue weighted by Gasteiger charge is -2.42. The molecule has 0 bridgehead atoms. The van der Waals surface area contributed by atoms with Gasteiger partial charge in [0.15, 0.2) is 0 Å². The molecule has 0 aliphatic carbocycles. The molecule has 17 heteroatoms. The van der Waals surface area contributed by atoms with Crippen molar-refractivity contribution in [1.29, 1.82) is 0 Å². The molecule has 6 saturated heterocycles. The number of morpholine rings is 1. The smallest absolute Gasteiger partial charge is 0.373 e. The van der Waals surface area contributed by atoms with Crippen LogP contribution in [0, 0.1) is 51.2 Å². The highest BCUT2D eigenvalue weighted by molar-refractivity contribution is 5.78. The molecule has 5 N–H and O–H groups in total. The minimum atomic E-state index is -0.797. The number of aliphatic carboxylic acids is 1. The number of nitrogens with zero attached hydrogens (tertiary/aromatic N) is 4. The zero-order valence-corrected chi connectivity index (χ0v) is 62.4. The summed E-state index contributed by atoms with van der Waals surface area (Å²) in [4.78, 5) is 74.7. The van der Waals surface area contributed by atoms with Crippen LogP contribution in [-0.2, 0) is 38.3 Å². The van der Waals surface area contributed by atoms with Gasteiger partial charge in [0.2, 0.25) is 11.8 Å². The average Bonchev–Trinajstić information content (AvgIpc) is 4.25. The van der Waals surface area contributed by atoms with Crippen LogP contribution in [0.4, 0.5) is 0 Å². The third-order valence-corrected chi connectivity index (χ3v) is 16.5. The lowest BCUT2D eigenvalue weighted by molar-refractivity contribution is -0.193. The predicted molar refractivity (Wildman–Crippen MR) is 365 cm³/mol. The second-order valence-corrected chi connectivity index (χ2v) is 32.8. The zero-order chi connectivity index (χ0) is 70.1. The number of nitrogens with one attached hydrogen (secondary N) is 2. The normalized spacial score (nSPS) is 22.2. The van der Waals surface area contributed by atoms with E-state index in [1.165, 1.54) is 77.8 Å². The molecule has 0 radical (unpaired) electrons. The molecule has 6 aliphatic heterocycles. The summed E-state index contributed by atoms with van der Waals surface area (Å²) < 4.78 is 5.15. The zero-order valence-electron chi connectivity index (χ0n) is 62.4. The summed E-state index contributed by atoms with van der Waals surface area (Å²) in [7, 11) is 0. The number of ether oxygens (including phenoxy) is 1. The van der Waals surface area contributed by atoms with Crippen LogP contribution < -0.4 is 10.6 Å². The van der Waals surface area contributed by atoms with E-state index >= 15 is 0 Å². The van der Waals surface area contributed by atoms with Gasteiger partial charge in [0.1, 0.15) is 6.04 Å². The number of amides is 2. The number of carboxylic acid groups (broad SMARTS) is 1. The van der Waals surface area contributed by atoms with Crippen molar-refractivity contribution >= 4 is 30.1 Å². The Kier molecular flexibility index (Phi) is 50.4. The van der Waals surface area contributed by atoms with Gasteiger partial charge in [0.05, 0.1) is 13.2 Å². The Morgan fingerprint density at radius 3 is 1.06 bits per heavy atom. The fraction of sp³-hybridized carbons (Fsp3) is 0.931. The molecule has 0 aromatic rings. The second-order valence-electron chi connectivity index (χ2n) is 32.8. The molecule has 6 rings (SSSR count). The van der Waals surface area contributed by atoms with Crippen LogP contribution in [0.5, 0.6) is 0 Å². The molecule has 17 nitrogen and oxygen atoms in total. The fourth-order valence-corrected chi connectivity index (χ4v) is 11.3. The standard InChI is InChI=1S/2C10H19NO.C9H17NO3.2C9H19N.2C8H18O.C7H15N.2CO2/c2*1-10(2,3)7-6-8-4-5-9(12)11-8;1-9(2,3)10-4-5-13-6-7(10)8(11)12;2*1-4-9-5-6-10(7-9)8(2)3;2*1-7(6-9)5-8(2,3)4;1-6(2)8-4-7(3)5-8;2*2-1-3/h2*8H,4-7H2,1-3H3,(H,11,12);7H,4-6H2,1-3H3,(H,11,12);2*8-9H,4-7H2,1-3H3;2*7,9H,5-6H2,1-4H3;6-7H,4-5H2,1-3H3;;/t8-;;;9-;;7-;;;;/m0..0.1..../s1. The number of likely N-dealkylation sites (tertiary alicyclic amines) is 3. The van der Waals surface area contributed by atoms with E-state index in [1.54, 1.807) is 0 Å². The second kappa shape index (κ2) is 48.6. The van der Waals surface area contributed by atoms with Gasteiger partial charge in [-0.05, 0) is 191 Å². The largest absolute Gasteiger partial charge is 0.480 e. The summed E-state index contributed by atoms with van der Waals surface area (Å²) in [5.74, 6) is 3.50. The summed E-state index contributed by atoms with van der Waals surface area (Å²) in [6, 6.07) is 2.71. The van der Waals surface area contributed by atoms with Crippen LogP contribution >= 0.6 is 0 Å². The van der Waals surface area contributed by atoms with E-state index in [4.69, 9.17) is 39.2 Å². The molecule has 6 fully saturated rings. The number of aliphatic hydroxyl groups is 2. The highest BCUT2D eigenvalue weighted by Crippen LogP contribution is 2.28. The molecule has 0 aromatic carbocycles. The first-order valence-corrected chi connectivity index (χ1v) is 34.4. The van der Waals surface area contributed by atoms with E-state index < -0.39 is 12.0 Å². The third kappa shape index (κ3) is 54.0. The van der Waals surface area contributed by atoms with Gasteiger partial charge in [-0.15, -0.1) is 0 Å². The molecule has 0 spiro atoms. The Balaban J connectivity index is -0.000000460. The van der Waals surface area contributed by atoms with Crippen LogP contribution in [0.1, 0.15) is 270 Å². The van der Waals surface area contributed by atoms with Crippen LogP contribution in [0.25, 0.3) is 0 Å². The first-order valence-electron chi connectivity index (χ1n) is 34.4. The number of hydrogen-bond donors (Lipinski definition) is 5. The lowest BCUT2D eigenvalue weighted by atomic mass is 9.86. The minimum absolute atomic E-state index is 0.104. The van der Waals surface area contributed by atoms with Crippen molar-refractivity contribution in [3.63, 3.8) is 0 Å². The van der Waals surface area contributed by atoms with E-state index in [0.717, 1.165) is 87.2 Å². The molecule has 6 aliphatic rings. The first kappa shape index (κ1) is 92.3.